The van der Waals surface area contributed by atoms with Crippen molar-refractivity contribution in [3.05, 3.63) is 64.8 Å². The second-order valence-electron chi connectivity index (χ2n) is 9.19. The molecule has 1 saturated heterocycles. The van der Waals surface area contributed by atoms with Gasteiger partial charge in [-0.1, -0.05) is 0 Å². The molecule has 0 radical (unpaired) electrons. The third-order valence-electron chi connectivity index (χ3n) is 7.21. The fraction of sp³-hybridized carbons (Fsp3) is 0.385. The number of ether oxygens (including phenoxy) is 1. The number of pyridine rings is 1. The van der Waals surface area contributed by atoms with Crippen LogP contribution < -0.4 is 15.0 Å². The molecule has 3 aromatic rings. The molecule has 6 heteroatoms. The van der Waals surface area contributed by atoms with Crippen LogP contribution in [0.15, 0.2) is 42.6 Å². The Labute approximate surface area is 188 Å². The minimum atomic E-state index is 0.309. The van der Waals surface area contributed by atoms with Crippen LogP contribution in [0.4, 0.5) is 5.69 Å². The minimum absolute atomic E-state index is 0.309. The van der Waals surface area contributed by atoms with Gasteiger partial charge in [0.2, 0.25) is 0 Å². The Bertz CT molecular complexity index is 1230. The topological polar surface area (TPSA) is 64.4 Å². The van der Waals surface area contributed by atoms with Gasteiger partial charge in [-0.2, -0.15) is 5.26 Å². The van der Waals surface area contributed by atoms with Gasteiger partial charge in [0.05, 0.1) is 17.1 Å². The van der Waals surface area contributed by atoms with Crippen LogP contribution in [-0.4, -0.2) is 48.2 Å². The molecule has 1 N–H and O–H groups in total. The maximum atomic E-state index is 9.50. The Kier molecular flexibility index (Phi) is 4.74. The summed E-state index contributed by atoms with van der Waals surface area (Å²) in [4.78, 5) is 9.55. The molecule has 2 atom stereocenters. The average molecular weight is 426 g/mol. The van der Waals surface area contributed by atoms with Gasteiger partial charge < -0.3 is 15.0 Å². The molecule has 1 fully saturated rings. The van der Waals surface area contributed by atoms with E-state index in [1.54, 1.807) is 6.20 Å². The normalized spacial score (nSPS) is 22.8. The summed E-state index contributed by atoms with van der Waals surface area (Å²) in [5, 5.41) is 14.0. The van der Waals surface area contributed by atoms with E-state index in [1.807, 2.05) is 12.1 Å². The van der Waals surface area contributed by atoms with E-state index >= 15 is 0 Å². The molecule has 0 bridgehead atoms. The van der Waals surface area contributed by atoms with E-state index in [4.69, 9.17) is 4.74 Å². The summed E-state index contributed by atoms with van der Waals surface area (Å²) in [7, 11) is 0. The number of nitrogens with zero attached hydrogens (tertiary/aromatic N) is 4. The lowest BCUT2D eigenvalue weighted by molar-refractivity contribution is 0.0891. The number of hydrogen-bond donors (Lipinski definition) is 1. The highest BCUT2D eigenvalue weighted by Gasteiger charge is 2.36. The number of anilines is 1. The number of nitriles is 1. The molecule has 3 aliphatic rings. The third kappa shape index (κ3) is 3.21. The number of nitrogens with one attached hydrogen (secondary N) is 1. The molecule has 0 aliphatic carbocycles. The Hall–Kier alpha value is -3.14. The van der Waals surface area contributed by atoms with E-state index in [9.17, 15) is 5.26 Å². The first-order chi connectivity index (χ1) is 15.7. The lowest BCUT2D eigenvalue weighted by Gasteiger charge is -2.45. The predicted octanol–water partition coefficient (Wildman–Crippen LogP) is 3.22. The molecule has 2 aromatic carbocycles. The molecule has 0 unspecified atom stereocenters. The largest absolute Gasteiger partial charge is 0.492 e. The zero-order chi connectivity index (χ0) is 21.7. The van der Waals surface area contributed by atoms with Crippen molar-refractivity contribution in [1.29, 1.82) is 5.26 Å². The van der Waals surface area contributed by atoms with Gasteiger partial charge in [-0.25, -0.2) is 0 Å². The summed E-state index contributed by atoms with van der Waals surface area (Å²) in [6.07, 6.45) is 2.84. The number of rotatable bonds is 1. The zero-order valence-corrected chi connectivity index (χ0v) is 18.3. The quantitative estimate of drug-likeness (QED) is 0.646. The van der Waals surface area contributed by atoms with Gasteiger partial charge in [-0.3, -0.25) is 9.88 Å². The molecule has 0 saturated carbocycles. The van der Waals surface area contributed by atoms with Crippen molar-refractivity contribution in [3.8, 4) is 11.8 Å². The van der Waals surface area contributed by atoms with Gasteiger partial charge in [0, 0.05) is 55.1 Å². The van der Waals surface area contributed by atoms with E-state index in [2.05, 4.69) is 57.4 Å². The summed E-state index contributed by atoms with van der Waals surface area (Å²) in [6, 6.07) is 15.6. The molecule has 32 heavy (non-hydrogen) atoms. The van der Waals surface area contributed by atoms with Crippen molar-refractivity contribution in [2.75, 3.05) is 31.1 Å². The Morgan fingerprint density at radius 3 is 3.00 bits per heavy atom. The van der Waals surface area contributed by atoms with Crippen LogP contribution in [0, 0.1) is 11.3 Å². The summed E-state index contributed by atoms with van der Waals surface area (Å²) in [5.41, 5.74) is 6.72. The van der Waals surface area contributed by atoms with E-state index in [1.165, 1.54) is 16.7 Å². The number of aromatic nitrogens is 1. The standard InChI is InChI=1S/C26H27N5O/c1-17-13-30(24-5-4-19(11-27)26-23(24)3-2-7-29-26)15-22-16-32-25-10-18-6-8-28-12-20(18)9-21(25)14-31(17)22/h2-5,7,9-10,17,22,28H,6,8,12-16H2,1H3/t17-,22-/m1/s1. The van der Waals surface area contributed by atoms with Crippen molar-refractivity contribution in [1.82, 2.24) is 15.2 Å². The first-order valence-electron chi connectivity index (χ1n) is 11.5. The SMILES string of the molecule is C[C@@H]1CN(c2ccc(C#N)c3ncccc23)C[C@@H]2COc3cc4c(cc3CN21)CNCC4. The highest BCUT2D eigenvalue weighted by molar-refractivity contribution is 5.95. The highest BCUT2D eigenvalue weighted by atomic mass is 16.5. The predicted molar refractivity (Wildman–Crippen MR) is 125 cm³/mol. The van der Waals surface area contributed by atoms with Gasteiger partial charge in [0.1, 0.15) is 18.4 Å². The fourth-order valence-electron chi connectivity index (χ4n) is 5.57. The Morgan fingerprint density at radius 1 is 1.16 bits per heavy atom. The highest BCUT2D eigenvalue weighted by Crippen LogP contribution is 2.35. The first kappa shape index (κ1) is 19.5. The molecule has 0 amide bonds. The van der Waals surface area contributed by atoms with Crippen molar-refractivity contribution in [2.24, 2.45) is 0 Å². The van der Waals surface area contributed by atoms with Gasteiger partial charge in [0.15, 0.2) is 0 Å². The maximum absolute atomic E-state index is 9.50. The molecule has 6 rings (SSSR count). The minimum Gasteiger partial charge on any atom is -0.492 e. The number of fused-ring (bicyclic) bond motifs is 4. The number of benzene rings is 2. The van der Waals surface area contributed by atoms with Crippen LogP contribution in [0.5, 0.6) is 5.75 Å². The first-order valence-corrected chi connectivity index (χ1v) is 11.5. The summed E-state index contributed by atoms with van der Waals surface area (Å²) in [5.74, 6) is 1.06. The number of piperazine rings is 1. The van der Waals surface area contributed by atoms with E-state index in [0.29, 0.717) is 24.3 Å². The van der Waals surface area contributed by atoms with Gasteiger partial charge in [-0.15, -0.1) is 0 Å². The second kappa shape index (κ2) is 7.77. The van der Waals surface area contributed by atoms with Crippen LogP contribution in [0.25, 0.3) is 10.9 Å². The lowest BCUT2D eigenvalue weighted by Crippen LogP contribution is -2.58. The van der Waals surface area contributed by atoms with Crippen molar-refractivity contribution in [2.45, 2.75) is 38.5 Å². The third-order valence-corrected chi connectivity index (χ3v) is 7.21. The molecule has 0 spiro atoms. The smallest absolute Gasteiger partial charge is 0.124 e. The summed E-state index contributed by atoms with van der Waals surface area (Å²) >= 11 is 0. The van der Waals surface area contributed by atoms with E-state index < -0.39 is 0 Å². The van der Waals surface area contributed by atoms with E-state index in [-0.39, 0.29) is 0 Å². The van der Waals surface area contributed by atoms with Crippen LogP contribution >= 0.6 is 0 Å². The summed E-state index contributed by atoms with van der Waals surface area (Å²) < 4.78 is 6.40. The van der Waals surface area contributed by atoms with Crippen LogP contribution in [0.1, 0.15) is 29.2 Å². The summed E-state index contributed by atoms with van der Waals surface area (Å²) in [6.45, 7) is 7.77. The molecular formula is C26H27N5O. The lowest BCUT2D eigenvalue weighted by atomic mass is 9.97. The molecule has 3 aliphatic heterocycles. The van der Waals surface area contributed by atoms with E-state index in [0.717, 1.165) is 61.5 Å². The molecule has 1 aromatic heterocycles. The van der Waals surface area contributed by atoms with Gasteiger partial charge >= 0.3 is 0 Å². The average Bonchev–Trinajstić information content (AvgIpc) is 3.01. The van der Waals surface area contributed by atoms with Gasteiger partial charge in [-0.05, 0) is 67.4 Å². The second-order valence-corrected chi connectivity index (χ2v) is 9.19. The van der Waals surface area contributed by atoms with Crippen molar-refractivity contribution < 1.29 is 4.74 Å². The Balaban J connectivity index is 1.32. The van der Waals surface area contributed by atoms with Crippen LogP contribution in [-0.2, 0) is 19.5 Å². The molecule has 6 nitrogen and oxygen atoms in total. The van der Waals surface area contributed by atoms with Crippen LogP contribution in [0.2, 0.25) is 0 Å². The zero-order valence-electron chi connectivity index (χ0n) is 18.3. The molecular weight excluding hydrogens is 398 g/mol. The molecule has 162 valence electrons. The molecule has 4 heterocycles. The maximum Gasteiger partial charge on any atom is 0.124 e. The monoisotopic (exact) mass is 425 g/mol. The Morgan fingerprint density at radius 2 is 2.09 bits per heavy atom. The fourth-order valence-corrected chi connectivity index (χ4v) is 5.57. The number of hydrogen-bond acceptors (Lipinski definition) is 6. The van der Waals surface area contributed by atoms with Crippen molar-refractivity contribution >= 4 is 16.6 Å². The van der Waals surface area contributed by atoms with Crippen molar-refractivity contribution in [3.63, 3.8) is 0 Å². The van der Waals surface area contributed by atoms with Gasteiger partial charge in [0.25, 0.3) is 0 Å². The van der Waals surface area contributed by atoms with Crippen LogP contribution in [0.3, 0.4) is 0 Å².